The van der Waals surface area contributed by atoms with Gasteiger partial charge < -0.3 is 19.7 Å². The van der Waals surface area contributed by atoms with Gasteiger partial charge in [0.2, 0.25) is 5.88 Å². The maximum Gasteiger partial charge on any atom is 0.321 e. The summed E-state index contributed by atoms with van der Waals surface area (Å²) in [5.41, 5.74) is 0.593. The molecule has 0 spiro atoms. The van der Waals surface area contributed by atoms with Gasteiger partial charge in [-0.3, -0.25) is 0 Å². The van der Waals surface area contributed by atoms with Crippen molar-refractivity contribution >= 4 is 11.7 Å². The number of urea groups is 1. The normalized spacial score (nSPS) is 14.5. The summed E-state index contributed by atoms with van der Waals surface area (Å²) < 4.78 is 10.4. The summed E-state index contributed by atoms with van der Waals surface area (Å²) in [6.07, 6.45) is 3.77. The van der Waals surface area contributed by atoms with E-state index in [-0.39, 0.29) is 6.03 Å². The lowest BCUT2D eigenvalue weighted by molar-refractivity contribution is 0.144. The average molecular weight is 265 g/mol. The number of hydrogen-bond donors (Lipinski definition) is 1. The van der Waals surface area contributed by atoms with Crippen LogP contribution in [0.3, 0.4) is 0 Å². The van der Waals surface area contributed by atoms with E-state index in [1.807, 2.05) is 0 Å². The maximum atomic E-state index is 12.0. The van der Waals surface area contributed by atoms with Gasteiger partial charge in [0.15, 0.2) is 0 Å². The van der Waals surface area contributed by atoms with Gasteiger partial charge in [-0.2, -0.15) is 0 Å². The van der Waals surface area contributed by atoms with E-state index in [1.165, 1.54) is 0 Å². The lowest BCUT2D eigenvalue weighted by Crippen LogP contribution is -2.32. The second kappa shape index (κ2) is 6.94. The summed E-state index contributed by atoms with van der Waals surface area (Å²) in [6.45, 7) is 2.51. The molecule has 1 aliphatic heterocycles. The Morgan fingerprint density at radius 2 is 2.21 bits per heavy atom. The van der Waals surface area contributed by atoms with Crippen LogP contribution < -0.4 is 10.1 Å². The number of likely N-dealkylation sites (tertiary alicyclic amines) is 1. The van der Waals surface area contributed by atoms with E-state index in [0.29, 0.717) is 24.8 Å². The van der Waals surface area contributed by atoms with E-state index in [2.05, 4.69) is 10.3 Å². The molecule has 19 heavy (non-hydrogen) atoms. The first-order valence-corrected chi connectivity index (χ1v) is 6.44. The van der Waals surface area contributed by atoms with Gasteiger partial charge in [-0.05, 0) is 25.0 Å². The Labute approximate surface area is 112 Å². The molecule has 0 saturated carbocycles. The SMILES string of the molecule is COCCOc1ncccc1NC(=O)N1CCCC1. The van der Waals surface area contributed by atoms with Crippen molar-refractivity contribution in [1.29, 1.82) is 0 Å². The molecular weight excluding hydrogens is 246 g/mol. The molecule has 1 aliphatic rings. The van der Waals surface area contributed by atoms with Gasteiger partial charge in [0.05, 0.1) is 6.61 Å². The standard InChI is InChI=1S/C13H19N3O3/c1-18-9-10-19-12-11(5-4-6-14-12)15-13(17)16-7-2-3-8-16/h4-6H,2-3,7-10H2,1H3,(H,15,17). The van der Waals surface area contributed by atoms with Gasteiger partial charge in [0, 0.05) is 26.4 Å². The fourth-order valence-electron chi connectivity index (χ4n) is 1.94. The number of rotatable bonds is 5. The summed E-state index contributed by atoms with van der Waals surface area (Å²) in [4.78, 5) is 17.9. The maximum absolute atomic E-state index is 12.0. The molecule has 6 nitrogen and oxygen atoms in total. The molecule has 1 aromatic heterocycles. The van der Waals surface area contributed by atoms with Gasteiger partial charge >= 0.3 is 6.03 Å². The van der Waals surface area contributed by atoms with Crippen LogP contribution in [0.5, 0.6) is 5.88 Å². The topological polar surface area (TPSA) is 63.7 Å². The number of pyridine rings is 1. The summed E-state index contributed by atoms with van der Waals surface area (Å²) in [6, 6.07) is 3.45. The van der Waals surface area contributed by atoms with Crippen molar-refractivity contribution in [2.24, 2.45) is 0 Å². The van der Waals surface area contributed by atoms with Crippen LogP contribution in [0.1, 0.15) is 12.8 Å². The molecule has 0 atom stereocenters. The number of ether oxygens (including phenoxy) is 2. The highest BCUT2D eigenvalue weighted by Gasteiger charge is 2.19. The fourth-order valence-corrected chi connectivity index (χ4v) is 1.94. The van der Waals surface area contributed by atoms with Gasteiger partial charge in [-0.25, -0.2) is 9.78 Å². The monoisotopic (exact) mass is 265 g/mol. The molecule has 0 unspecified atom stereocenters. The van der Waals surface area contributed by atoms with Crippen LogP contribution in [0.25, 0.3) is 0 Å². The third-order valence-electron chi connectivity index (χ3n) is 2.93. The number of carbonyl (C=O) groups is 1. The van der Waals surface area contributed by atoms with E-state index in [0.717, 1.165) is 25.9 Å². The molecule has 6 heteroatoms. The highest BCUT2D eigenvalue weighted by molar-refractivity contribution is 5.90. The Hall–Kier alpha value is -1.82. The van der Waals surface area contributed by atoms with Crippen molar-refractivity contribution in [2.75, 3.05) is 38.7 Å². The number of hydrogen-bond acceptors (Lipinski definition) is 4. The van der Waals surface area contributed by atoms with E-state index in [9.17, 15) is 4.79 Å². The van der Waals surface area contributed by atoms with Crippen LogP contribution in [0.15, 0.2) is 18.3 Å². The van der Waals surface area contributed by atoms with E-state index in [4.69, 9.17) is 9.47 Å². The first-order chi connectivity index (χ1) is 9.31. The highest BCUT2D eigenvalue weighted by Crippen LogP contribution is 2.21. The van der Waals surface area contributed by atoms with Crippen LogP contribution in [-0.4, -0.2) is 49.3 Å². The molecule has 0 aliphatic carbocycles. The molecule has 1 N–H and O–H groups in total. The van der Waals surface area contributed by atoms with Crippen molar-refractivity contribution in [3.63, 3.8) is 0 Å². The number of nitrogens with zero attached hydrogens (tertiary/aromatic N) is 2. The molecule has 1 fully saturated rings. The zero-order valence-electron chi connectivity index (χ0n) is 11.1. The number of aromatic nitrogens is 1. The molecule has 1 aromatic rings. The molecule has 104 valence electrons. The van der Waals surface area contributed by atoms with Crippen molar-refractivity contribution in [3.05, 3.63) is 18.3 Å². The molecule has 2 amide bonds. The molecule has 2 heterocycles. The number of carbonyl (C=O) groups excluding carboxylic acids is 1. The Balaban J connectivity index is 1.96. The smallest absolute Gasteiger partial charge is 0.321 e. The van der Waals surface area contributed by atoms with Crippen LogP contribution >= 0.6 is 0 Å². The largest absolute Gasteiger partial charge is 0.474 e. The fraction of sp³-hybridized carbons (Fsp3) is 0.538. The Morgan fingerprint density at radius 3 is 2.95 bits per heavy atom. The van der Waals surface area contributed by atoms with Crippen molar-refractivity contribution < 1.29 is 14.3 Å². The first kappa shape index (κ1) is 13.6. The van der Waals surface area contributed by atoms with Gasteiger partial charge in [-0.1, -0.05) is 0 Å². The number of amides is 2. The summed E-state index contributed by atoms with van der Waals surface area (Å²) in [7, 11) is 1.61. The third kappa shape index (κ3) is 3.82. The van der Waals surface area contributed by atoms with Gasteiger partial charge in [0.25, 0.3) is 0 Å². The average Bonchev–Trinajstić information content (AvgIpc) is 2.95. The van der Waals surface area contributed by atoms with Crippen molar-refractivity contribution in [3.8, 4) is 5.88 Å². The van der Waals surface area contributed by atoms with Gasteiger partial charge in [0.1, 0.15) is 12.3 Å². The number of methoxy groups -OCH3 is 1. The summed E-state index contributed by atoms with van der Waals surface area (Å²) >= 11 is 0. The Morgan fingerprint density at radius 1 is 1.42 bits per heavy atom. The summed E-state index contributed by atoms with van der Waals surface area (Å²) in [5.74, 6) is 0.423. The lowest BCUT2D eigenvalue weighted by Gasteiger charge is -2.17. The Bertz CT molecular complexity index is 419. The molecule has 0 aromatic carbocycles. The Kier molecular flexibility index (Phi) is 4.97. The zero-order valence-corrected chi connectivity index (χ0v) is 11.1. The van der Waals surface area contributed by atoms with E-state index >= 15 is 0 Å². The number of nitrogens with one attached hydrogen (secondary N) is 1. The van der Waals surface area contributed by atoms with Crippen molar-refractivity contribution in [2.45, 2.75) is 12.8 Å². The molecule has 1 saturated heterocycles. The van der Waals surface area contributed by atoms with Crippen molar-refractivity contribution in [1.82, 2.24) is 9.88 Å². The minimum atomic E-state index is -0.0953. The summed E-state index contributed by atoms with van der Waals surface area (Å²) in [5, 5.41) is 2.84. The van der Waals surface area contributed by atoms with E-state index < -0.39 is 0 Å². The van der Waals surface area contributed by atoms with Crippen LogP contribution in [0.4, 0.5) is 10.5 Å². The molecule has 2 rings (SSSR count). The second-order valence-electron chi connectivity index (χ2n) is 4.32. The van der Waals surface area contributed by atoms with Crippen LogP contribution in [0, 0.1) is 0 Å². The molecule has 0 bridgehead atoms. The lowest BCUT2D eigenvalue weighted by atomic mass is 10.4. The highest BCUT2D eigenvalue weighted by atomic mass is 16.5. The number of anilines is 1. The quantitative estimate of drug-likeness (QED) is 0.824. The van der Waals surface area contributed by atoms with Crippen LogP contribution in [0.2, 0.25) is 0 Å². The minimum absolute atomic E-state index is 0.0953. The third-order valence-corrected chi connectivity index (χ3v) is 2.93. The molecular formula is C13H19N3O3. The minimum Gasteiger partial charge on any atom is -0.474 e. The van der Waals surface area contributed by atoms with Crippen LogP contribution in [-0.2, 0) is 4.74 Å². The van der Waals surface area contributed by atoms with E-state index in [1.54, 1.807) is 30.3 Å². The second-order valence-corrected chi connectivity index (χ2v) is 4.32. The predicted octanol–water partition coefficient (Wildman–Crippen LogP) is 1.73. The first-order valence-electron chi connectivity index (χ1n) is 6.44. The predicted molar refractivity (Wildman–Crippen MR) is 71.4 cm³/mol. The van der Waals surface area contributed by atoms with Gasteiger partial charge in [-0.15, -0.1) is 0 Å². The zero-order chi connectivity index (χ0) is 13.5. The molecule has 0 radical (unpaired) electrons.